The van der Waals surface area contributed by atoms with Crippen LogP contribution in [0.5, 0.6) is 0 Å². The van der Waals surface area contributed by atoms with Crippen molar-refractivity contribution in [3.8, 4) is 89.3 Å². The van der Waals surface area contributed by atoms with E-state index in [1.54, 1.807) is 0 Å². The Morgan fingerprint density at radius 1 is 0.366 bits per heavy atom. The van der Waals surface area contributed by atoms with Crippen LogP contribution in [0.25, 0.3) is 89.3 Å². The van der Waals surface area contributed by atoms with Gasteiger partial charge < -0.3 is 9.31 Å². The molecule has 0 radical (unpaired) electrons. The molecule has 0 bridgehead atoms. The molecule has 0 aliphatic carbocycles. The summed E-state index contributed by atoms with van der Waals surface area (Å²) in [5.74, 6) is 0. The van der Waals surface area contributed by atoms with E-state index in [0.29, 0.717) is 0 Å². The SMILES string of the molecule is CCC1(C)OB(c2cc(-c3ccccc3-c3ccc(-c4cc(C)c(-c5cc(C(C)(C)C)cc(C(C)(C)C)c5)cn4)cc3)cc(-c3ccccc3-c3ccc(-c4cc(C)c(-c5cc(C(C)(C)C)cc(C(C)(C)C)c5)cn4)cc3)c2)OC1(C)C. The molecule has 3 heterocycles. The average molecular weight is 1080 g/mol. The number of aromatic nitrogens is 2. The highest BCUT2D eigenvalue weighted by molar-refractivity contribution is 6.62. The largest absolute Gasteiger partial charge is 0.494 e. The van der Waals surface area contributed by atoms with Gasteiger partial charge in [0.25, 0.3) is 0 Å². The summed E-state index contributed by atoms with van der Waals surface area (Å²) >= 11 is 0. The van der Waals surface area contributed by atoms with Crippen LogP contribution >= 0.6 is 0 Å². The van der Waals surface area contributed by atoms with Gasteiger partial charge in [0.15, 0.2) is 0 Å². The van der Waals surface area contributed by atoms with Gasteiger partial charge in [-0.1, -0.05) is 236 Å². The molecule has 5 heteroatoms. The van der Waals surface area contributed by atoms with Crippen molar-refractivity contribution >= 4 is 12.6 Å². The van der Waals surface area contributed by atoms with Gasteiger partial charge in [0.2, 0.25) is 0 Å². The van der Waals surface area contributed by atoms with Crippen LogP contribution in [0.3, 0.4) is 0 Å². The molecule has 418 valence electrons. The molecule has 1 aliphatic heterocycles. The van der Waals surface area contributed by atoms with E-state index >= 15 is 0 Å². The van der Waals surface area contributed by atoms with Crippen molar-refractivity contribution in [2.45, 2.75) is 164 Å². The molecule has 0 N–H and O–H groups in total. The van der Waals surface area contributed by atoms with E-state index in [2.05, 4.69) is 301 Å². The Kier molecular flexibility index (Phi) is 15.2. The molecule has 7 aromatic carbocycles. The number of hydrogen-bond acceptors (Lipinski definition) is 4. The first-order valence-electron chi connectivity index (χ1n) is 29.7. The molecule has 9 aromatic rings. The van der Waals surface area contributed by atoms with Crippen LogP contribution in [0, 0.1) is 13.8 Å². The van der Waals surface area contributed by atoms with Gasteiger partial charge in [-0.3, -0.25) is 9.97 Å². The van der Waals surface area contributed by atoms with Gasteiger partial charge in [0.1, 0.15) is 0 Å². The second-order valence-corrected chi connectivity index (χ2v) is 28.1. The molecular formula is C77H85BN2O2. The van der Waals surface area contributed by atoms with Crippen LogP contribution in [0.15, 0.2) is 176 Å². The first-order valence-corrected chi connectivity index (χ1v) is 29.7. The summed E-state index contributed by atoms with van der Waals surface area (Å²) in [4.78, 5) is 10.2. The van der Waals surface area contributed by atoms with Gasteiger partial charge in [0.05, 0.1) is 22.6 Å². The lowest BCUT2D eigenvalue weighted by atomic mass is 9.75. The van der Waals surface area contributed by atoms with E-state index in [-0.39, 0.29) is 21.7 Å². The van der Waals surface area contributed by atoms with Crippen molar-refractivity contribution in [2.24, 2.45) is 0 Å². The van der Waals surface area contributed by atoms with Crippen LogP contribution in [0.2, 0.25) is 0 Å². The van der Waals surface area contributed by atoms with E-state index in [0.717, 1.165) is 78.9 Å². The molecule has 1 unspecified atom stereocenters. The van der Waals surface area contributed by atoms with E-state index in [4.69, 9.17) is 19.3 Å². The highest BCUT2D eigenvalue weighted by Gasteiger charge is 2.53. The van der Waals surface area contributed by atoms with Gasteiger partial charge >= 0.3 is 7.12 Å². The first kappa shape index (κ1) is 58.0. The minimum atomic E-state index is -0.549. The number of benzene rings is 7. The molecule has 1 aliphatic rings. The molecule has 2 aromatic heterocycles. The predicted octanol–water partition coefficient (Wildman–Crippen LogP) is 20.3. The molecule has 82 heavy (non-hydrogen) atoms. The topological polar surface area (TPSA) is 44.2 Å². The highest BCUT2D eigenvalue weighted by Crippen LogP contribution is 2.44. The maximum atomic E-state index is 6.94. The number of rotatable bonds is 10. The van der Waals surface area contributed by atoms with Crippen LogP contribution < -0.4 is 5.46 Å². The number of pyridine rings is 2. The minimum absolute atomic E-state index is 0.0291. The second-order valence-electron chi connectivity index (χ2n) is 28.1. The molecular weight excluding hydrogens is 996 g/mol. The van der Waals surface area contributed by atoms with Gasteiger partial charge in [-0.2, -0.15) is 0 Å². The molecule has 1 atom stereocenters. The zero-order valence-corrected chi connectivity index (χ0v) is 52.2. The van der Waals surface area contributed by atoms with Crippen LogP contribution in [-0.2, 0) is 31.0 Å². The standard InChI is InChI=1S/C77H85BN2O2/c1-19-77(18)76(16,17)81-78(82-77)63-43-55(66-26-22-20-24-64(66)51-28-32-53(33-29-51)70-36-49(2)68(47-79-70)57-39-59(72(4,5)6)45-60(40-57)73(7,8)9)38-56(44-63)67-27-23-21-25-65(67)52-30-34-54(35-31-52)71-37-50(3)69(48-80-71)58-41-61(74(10,11)12)46-62(42-58)75(13,14)15/h20-48H,19H2,1-18H3. The summed E-state index contributed by atoms with van der Waals surface area (Å²) in [7, 11) is -0.549. The number of hydrogen-bond donors (Lipinski definition) is 0. The number of aryl methyl sites for hydroxylation is 2. The van der Waals surface area contributed by atoms with Gasteiger partial charge in [0, 0.05) is 34.6 Å². The average Bonchev–Trinajstić information content (AvgIpc) is 3.78. The maximum absolute atomic E-state index is 6.94. The monoisotopic (exact) mass is 1080 g/mol. The van der Waals surface area contributed by atoms with Gasteiger partial charge in [-0.15, -0.1) is 0 Å². The lowest BCUT2D eigenvalue weighted by Crippen LogP contribution is -2.44. The maximum Gasteiger partial charge on any atom is 0.494 e. The third-order valence-corrected chi connectivity index (χ3v) is 17.6. The Morgan fingerprint density at radius 3 is 0.988 bits per heavy atom. The Labute approximate surface area is 492 Å². The predicted molar refractivity (Wildman–Crippen MR) is 350 cm³/mol. The van der Waals surface area contributed by atoms with Crippen molar-refractivity contribution in [2.75, 3.05) is 0 Å². The fourth-order valence-electron chi connectivity index (χ4n) is 11.5. The summed E-state index contributed by atoms with van der Waals surface area (Å²) in [6.07, 6.45) is 4.96. The number of nitrogens with zero attached hydrogens (tertiary/aromatic N) is 2. The smallest absolute Gasteiger partial charge is 0.399 e. The van der Waals surface area contributed by atoms with Gasteiger partial charge in [-0.05, 0) is 175 Å². The molecule has 0 spiro atoms. The molecule has 0 saturated carbocycles. The van der Waals surface area contributed by atoms with E-state index < -0.39 is 18.3 Å². The van der Waals surface area contributed by atoms with Gasteiger partial charge in [-0.25, -0.2) is 0 Å². The van der Waals surface area contributed by atoms with E-state index in [1.165, 1.54) is 55.6 Å². The third kappa shape index (κ3) is 11.7. The summed E-state index contributed by atoms with van der Waals surface area (Å²) < 4.78 is 13.8. The fraction of sp³-hybridized carbons (Fsp3) is 0.325. The Balaban J connectivity index is 0.989. The van der Waals surface area contributed by atoms with Crippen molar-refractivity contribution < 1.29 is 9.31 Å². The zero-order valence-electron chi connectivity index (χ0n) is 52.2. The van der Waals surface area contributed by atoms with Crippen molar-refractivity contribution in [1.82, 2.24) is 9.97 Å². The lowest BCUT2D eigenvalue weighted by molar-refractivity contribution is -0.0118. The summed E-state index contributed by atoms with van der Waals surface area (Å²) in [5, 5.41) is 0. The molecule has 0 amide bonds. The molecule has 10 rings (SSSR count). The van der Waals surface area contributed by atoms with Crippen LogP contribution in [0.4, 0.5) is 0 Å². The molecule has 1 fully saturated rings. The van der Waals surface area contributed by atoms with Crippen molar-refractivity contribution in [3.63, 3.8) is 0 Å². The molecule has 4 nitrogen and oxygen atoms in total. The summed E-state index contributed by atoms with van der Waals surface area (Å²) in [5.41, 5.74) is 25.8. The normalized spacial score (nSPS) is 15.8. The zero-order chi connectivity index (χ0) is 58.9. The van der Waals surface area contributed by atoms with E-state index in [1.807, 2.05) is 0 Å². The Hall–Kier alpha value is -7.18. The fourth-order valence-corrected chi connectivity index (χ4v) is 11.5. The summed E-state index contributed by atoms with van der Waals surface area (Å²) in [6, 6.07) is 60.9. The highest BCUT2D eigenvalue weighted by atomic mass is 16.7. The van der Waals surface area contributed by atoms with Crippen LogP contribution in [0.1, 0.15) is 151 Å². The van der Waals surface area contributed by atoms with Crippen molar-refractivity contribution in [3.05, 3.63) is 210 Å². The first-order chi connectivity index (χ1) is 38.5. The molecule has 1 saturated heterocycles. The quantitative estimate of drug-likeness (QED) is 0.128. The van der Waals surface area contributed by atoms with Crippen molar-refractivity contribution in [1.29, 1.82) is 0 Å². The van der Waals surface area contributed by atoms with Crippen LogP contribution in [-0.4, -0.2) is 28.3 Å². The van der Waals surface area contributed by atoms with E-state index in [9.17, 15) is 0 Å². The Morgan fingerprint density at radius 2 is 0.683 bits per heavy atom. The second kappa shape index (κ2) is 21.5. The Bertz CT molecular complexity index is 3540. The summed E-state index contributed by atoms with van der Waals surface area (Å²) in [6.45, 7) is 40.6. The minimum Gasteiger partial charge on any atom is -0.399 e. The lowest BCUT2D eigenvalue weighted by Gasteiger charge is -2.35. The third-order valence-electron chi connectivity index (χ3n) is 17.6.